The Morgan fingerprint density at radius 1 is 1.13 bits per heavy atom. The fourth-order valence-electron chi connectivity index (χ4n) is 4.48. The molecule has 3 aromatic rings. The Morgan fingerprint density at radius 2 is 1.94 bits per heavy atom. The van der Waals surface area contributed by atoms with Crippen LogP contribution >= 0.6 is 0 Å². The van der Waals surface area contributed by atoms with Crippen LogP contribution in [0, 0.1) is 24.2 Å². The van der Waals surface area contributed by atoms with Crippen molar-refractivity contribution in [2.45, 2.75) is 46.6 Å². The van der Waals surface area contributed by atoms with Crippen LogP contribution in [0.5, 0.6) is 5.75 Å². The number of rotatable bonds is 7. The molecule has 1 saturated heterocycles. The number of nitriles is 1. The summed E-state index contributed by atoms with van der Waals surface area (Å²) < 4.78 is 8.17. The third kappa shape index (κ3) is 4.57. The molecule has 1 aromatic carbocycles. The highest BCUT2D eigenvalue weighted by molar-refractivity contribution is 5.91. The lowest BCUT2D eigenvalue weighted by atomic mass is 9.94. The average Bonchev–Trinajstić information content (AvgIpc) is 3.23. The Hall–Kier alpha value is -2.91. The zero-order valence-corrected chi connectivity index (χ0v) is 18.8. The molecule has 4 rings (SSSR count). The minimum Gasteiger partial charge on any atom is -0.493 e. The molecule has 2 aromatic heterocycles. The Balaban J connectivity index is 1.48. The number of hydrogen-bond acceptors (Lipinski definition) is 5. The van der Waals surface area contributed by atoms with Crippen molar-refractivity contribution >= 4 is 11.0 Å². The van der Waals surface area contributed by atoms with Gasteiger partial charge in [0.15, 0.2) is 0 Å². The van der Waals surface area contributed by atoms with Crippen molar-refractivity contribution in [3.05, 3.63) is 41.9 Å². The SMILES string of the molecule is CCN1CCC(CCOc2ccc(-c3nc(C#N)nc4c3ccn4CC)cc2C)CC1. The van der Waals surface area contributed by atoms with Crippen LogP contribution in [-0.2, 0) is 6.54 Å². The van der Waals surface area contributed by atoms with Crippen molar-refractivity contribution in [1.82, 2.24) is 19.4 Å². The number of likely N-dealkylation sites (tertiary alicyclic amines) is 1. The molecule has 3 heterocycles. The van der Waals surface area contributed by atoms with Crippen LogP contribution < -0.4 is 4.74 Å². The summed E-state index contributed by atoms with van der Waals surface area (Å²) in [6, 6.07) is 10.3. The lowest BCUT2D eigenvalue weighted by molar-refractivity contribution is 0.169. The summed E-state index contributed by atoms with van der Waals surface area (Å²) >= 11 is 0. The number of aryl methyl sites for hydroxylation is 2. The van der Waals surface area contributed by atoms with Crippen LogP contribution in [0.2, 0.25) is 0 Å². The molecule has 0 unspecified atom stereocenters. The largest absolute Gasteiger partial charge is 0.493 e. The molecule has 31 heavy (non-hydrogen) atoms. The maximum atomic E-state index is 9.39. The van der Waals surface area contributed by atoms with Crippen molar-refractivity contribution in [3.63, 3.8) is 0 Å². The summed E-state index contributed by atoms with van der Waals surface area (Å²) in [6.07, 6.45) is 5.66. The monoisotopic (exact) mass is 417 g/mol. The average molecular weight is 418 g/mol. The lowest BCUT2D eigenvalue weighted by Crippen LogP contribution is -2.33. The molecule has 0 saturated carbocycles. The first-order valence-corrected chi connectivity index (χ1v) is 11.4. The van der Waals surface area contributed by atoms with E-state index < -0.39 is 0 Å². The maximum Gasteiger partial charge on any atom is 0.234 e. The second-order valence-electron chi connectivity index (χ2n) is 8.34. The van der Waals surface area contributed by atoms with Gasteiger partial charge in [0.25, 0.3) is 0 Å². The molecule has 0 atom stereocenters. The van der Waals surface area contributed by atoms with Gasteiger partial charge in [-0.25, -0.2) is 9.97 Å². The number of piperidine rings is 1. The Labute approximate surface area is 184 Å². The first kappa shape index (κ1) is 21.3. The van der Waals surface area contributed by atoms with Crippen molar-refractivity contribution in [2.24, 2.45) is 5.92 Å². The summed E-state index contributed by atoms with van der Waals surface area (Å²) in [5.74, 6) is 1.89. The van der Waals surface area contributed by atoms with Crippen LogP contribution in [0.1, 0.15) is 44.5 Å². The Kier molecular flexibility index (Phi) is 6.53. The van der Waals surface area contributed by atoms with Crippen molar-refractivity contribution < 1.29 is 4.74 Å². The molecule has 6 heteroatoms. The van der Waals surface area contributed by atoms with Gasteiger partial charge in [-0.3, -0.25) is 0 Å². The highest BCUT2D eigenvalue weighted by Crippen LogP contribution is 2.31. The van der Waals surface area contributed by atoms with E-state index in [4.69, 9.17) is 4.74 Å². The summed E-state index contributed by atoms with van der Waals surface area (Å²) in [4.78, 5) is 11.4. The van der Waals surface area contributed by atoms with Gasteiger partial charge in [-0.15, -0.1) is 0 Å². The van der Waals surface area contributed by atoms with Crippen LogP contribution in [0.15, 0.2) is 30.5 Å². The smallest absolute Gasteiger partial charge is 0.234 e. The van der Waals surface area contributed by atoms with E-state index in [9.17, 15) is 5.26 Å². The normalized spacial score (nSPS) is 15.3. The lowest BCUT2D eigenvalue weighted by Gasteiger charge is -2.30. The van der Waals surface area contributed by atoms with Gasteiger partial charge in [0.05, 0.1) is 12.3 Å². The van der Waals surface area contributed by atoms with Crippen LogP contribution in [0.25, 0.3) is 22.3 Å². The zero-order valence-electron chi connectivity index (χ0n) is 18.8. The number of ether oxygens (including phenoxy) is 1. The van der Waals surface area contributed by atoms with E-state index in [-0.39, 0.29) is 5.82 Å². The van der Waals surface area contributed by atoms with Crippen molar-refractivity contribution in [1.29, 1.82) is 5.26 Å². The molecule has 6 nitrogen and oxygen atoms in total. The van der Waals surface area contributed by atoms with E-state index in [1.54, 1.807) is 0 Å². The summed E-state index contributed by atoms with van der Waals surface area (Å²) in [7, 11) is 0. The third-order valence-electron chi connectivity index (χ3n) is 6.45. The second kappa shape index (κ2) is 9.49. The minimum absolute atomic E-state index is 0.197. The molecule has 1 aliphatic heterocycles. The third-order valence-corrected chi connectivity index (χ3v) is 6.45. The van der Waals surface area contributed by atoms with E-state index in [2.05, 4.69) is 47.8 Å². The summed E-state index contributed by atoms with van der Waals surface area (Å²) in [6.45, 7) is 11.5. The van der Waals surface area contributed by atoms with Gasteiger partial charge in [0, 0.05) is 23.7 Å². The molecule has 0 aliphatic carbocycles. The van der Waals surface area contributed by atoms with Gasteiger partial charge < -0.3 is 14.2 Å². The standard InChI is InChI=1S/C25H31N5O/c1-4-29-12-8-19(9-13-29)11-15-31-22-7-6-20(16-18(22)3)24-21-10-14-30(5-2)25(21)28-23(17-26)27-24/h6-7,10,14,16,19H,4-5,8-9,11-13,15H2,1-3H3. The van der Waals surface area contributed by atoms with Crippen molar-refractivity contribution in [2.75, 3.05) is 26.2 Å². The molecule has 1 aliphatic rings. The van der Waals surface area contributed by atoms with Gasteiger partial charge >= 0.3 is 0 Å². The van der Waals surface area contributed by atoms with Gasteiger partial charge in [0.1, 0.15) is 17.5 Å². The Bertz CT molecular complexity index is 1090. The van der Waals surface area contributed by atoms with E-state index in [0.29, 0.717) is 0 Å². The van der Waals surface area contributed by atoms with E-state index in [1.165, 1.54) is 25.9 Å². The quantitative estimate of drug-likeness (QED) is 0.552. The number of benzene rings is 1. The zero-order chi connectivity index (χ0) is 21.8. The summed E-state index contributed by atoms with van der Waals surface area (Å²) in [5, 5.41) is 10.4. The molecule has 0 bridgehead atoms. The van der Waals surface area contributed by atoms with Crippen LogP contribution in [0.3, 0.4) is 0 Å². The van der Waals surface area contributed by atoms with E-state index >= 15 is 0 Å². The molecule has 1 fully saturated rings. The van der Waals surface area contributed by atoms with Gasteiger partial charge in [-0.2, -0.15) is 5.26 Å². The maximum absolute atomic E-state index is 9.39. The molecule has 0 amide bonds. The summed E-state index contributed by atoms with van der Waals surface area (Å²) in [5.41, 5.74) is 3.66. The van der Waals surface area contributed by atoms with Gasteiger partial charge in [-0.1, -0.05) is 6.92 Å². The van der Waals surface area contributed by atoms with Gasteiger partial charge in [-0.05, 0) is 88.5 Å². The molecular weight excluding hydrogens is 386 g/mol. The van der Waals surface area contributed by atoms with E-state index in [1.807, 2.05) is 29.0 Å². The molecule has 0 spiro atoms. The fraction of sp³-hybridized carbons (Fsp3) is 0.480. The molecule has 0 radical (unpaired) electrons. The topological polar surface area (TPSA) is 67.0 Å². The first-order chi connectivity index (χ1) is 15.1. The fourth-order valence-corrected chi connectivity index (χ4v) is 4.48. The highest BCUT2D eigenvalue weighted by Gasteiger charge is 2.18. The molecule has 162 valence electrons. The highest BCUT2D eigenvalue weighted by atomic mass is 16.5. The predicted molar refractivity (Wildman–Crippen MR) is 123 cm³/mol. The van der Waals surface area contributed by atoms with Crippen molar-refractivity contribution in [3.8, 4) is 23.1 Å². The van der Waals surface area contributed by atoms with Crippen LogP contribution in [0.4, 0.5) is 0 Å². The first-order valence-electron chi connectivity index (χ1n) is 11.4. The predicted octanol–water partition coefficient (Wildman–Crippen LogP) is 4.80. The Morgan fingerprint density at radius 3 is 2.61 bits per heavy atom. The minimum atomic E-state index is 0.197. The number of nitrogens with zero attached hydrogens (tertiary/aromatic N) is 5. The van der Waals surface area contributed by atoms with E-state index in [0.717, 1.165) is 65.6 Å². The number of fused-ring (bicyclic) bond motifs is 1. The number of aromatic nitrogens is 3. The second-order valence-corrected chi connectivity index (χ2v) is 8.34. The molecule has 0 N–H and O–H groups in total. The van der Waals surface area contributed by atoms with Gasteiger partial charge in [0.2, 0.25) is 5.82 Å². The molecular formula is C25H31N5O. The van der Waals surface area contributed by atoms with Crippen LogP contribution in [-0.4, -0.2) is 45.7 Å². The number of hydrogen-bond donors (Lipinski definition) is 0.